The lowest BCUT2D eigenvalue weighted by Gasteiger charge is -2.28. The van der Waals surface area contributed by atoms with Gasteiger partial charge in [-0.05, 0) is 36.5 Å². The van der Waals surface area contributed by atoms with Crippen molar-refractivity contribution in [2.45, 2.75) is 25.9 Å². The van der Waals surface area contributed by atoms with Crippen molar-refractivity contribution in [1.29, 1.82) is 0 Å². The van der Waals surface area contributed by atoms with Crippen LogP contribution in [0, 0.1) is 11.7 Å². The average Bonchev–Trinajstić information content (AvgIpc) is 3.51. The van der Waals surface area contributed by atoms with Gasteiger partial charge in [0, 0.05) is 41.7 Å². The van der Waals surface area contributed by atoms with Gasteiger partial charge in [0.15, 0.2) is 5.65 Å². The molecule has 1 aromatic carbocycles. The highest BCUT2D eigenvalue weighted by Crippen LogP contribution is 2.37. The molecule has 0 N–H and O–H groups in total. The Morgan fingerprint density at radius 3 is 3.06 bits per heavy atom. The number of hydrogen-bond acceptors (Lipinski definition) is 6. The van der Waals surface area contributed by atoms with E-state index in [1.165, 1.54) is 27.3 Å². The van der Waals surface area contributed by atoms with Crippen LogP contribution >= 0.6 is 22.9 Å². The zero-order chi connectivity index (χ0) is 21.8. The standard InChI is InChI=1S/C22H21ClFN5O2S/c23-15-2-1-14(17(24)7-15)9-28-21-19(20-25-12-26-29(20)22(28)30)16-3-5-27(10-18(16)32-21)8-13-4-6-31-11-13/h1-2,7,12-13H,3-6,8-11H2. The van der Waals surface area contributed by atoms with Crippen LogP contribution in [0.4, 0.5) is 4.39 Å². The number of fused-ring (bicyclic) bond motifs is 5. The monoisotopic (exact) mass is 473 g/mol. The predicted octanol–water partition coefficient (Wildman–Crippen LogP) is 3.34. The molecule has 10 heteroatoms. The molecule has 1 fully saturated rings. The van der Waals surface area contributed by atoms with Crippen LogP contribution in [0.25, 0.3) is 15.9 Å². The molecule has 1 unspecified atom stereocenters. The van der Waals surface area contributed by atoms with E-state index in [9.17, 15) is 9.18 Å². The highest BCUT2D eigenvalue weighted by atomic mass is 35.5. The van der Waals surface area contributed by atoms with Crippen LogP contribution in [0.5, 0.6) is 0 Å². The van der Waals surface area contributed by atoms with E-state index in [1.807, 2.05) is 0 Å². The average molecular weight is 474 g/mol. The van der Waals surface area contributed by atoms with Crippen molar-refractivity contribution in [1.82, 2.24) is 24.1 Å². The van der Waals surface area contributed by atoms with Gasteiger partial charge in [-0.25, -0.2) is 14.2 Å². The van der Waals surface area contributed by atoms with E-state index in [1.54, 1.807) is 28.0 Å². The molecule has 166 valence electrons. The van der Waals surface area contributed by atoms with Gasteiger partial charge in [0.1, 0.15) is 17.0 Å². The van der Waals surface area contributed by atoms with Crippen LogP contribution in [0.15, 0.2) is 29.3 Å². The molecule has 6 rings (SSSR count). The maximum Gasteiger partial charge on any atom is 0.352 e. The fourth-order valence-electron chi connectivity index (χ4n) is 4.82. The van der Waals surface area contributed by atoms with Crippen molar-refractivity contribution in [3.8, 4) is 0 Å². The minimum atomic E-state index is -0.428. The van der Waals surface area contributed by atoms with Crippen molar-refractivity contribution in [2.75, 3.05) is 26.3 Å². The molecule has 2 aliphatic rings. The Labute approximate surface area is 192 Å². The molecule has 0 spiro atoms. The van der Waals surface area contributed by atoms with Crippen LogP contribution < -0.4 is 5.69 Å². The van der Waals surface area contributed by atoms with Crippen molar-refractivity contribution in [2.24, 2.45) is 5.92 Å². The smallest absolute Gasteiger partial charge is 0.352 e. The molecule has 0 saturated carbocycles. The first-order valence-electron chi connectivity index (χ1n) is 10.7. The molecule has 0 amide bonds. The van der Waals surface area contributed by atoms with E-state index in [0.29, 0.717) is 22.2 Å². The van der Waals surface area contributed by atoms with E-state index in [-0.39, 0.29) is 12.2 Å². The van der Waals surface area contributed by atoms with Gasteiger partial charge < -0.3 is 4.74 Å². The number of rotatable bonds is 4. The lowest BCUT2D eigenvalue weighted by molar-refractivity contribution is 0.163. The van der Waals surface area contributed by atoms with E-state index >= 15 is 0 Å². The van der Waals surface area contributed by atoms with Crippen LogP contribution in [-0.4, -0.2) is 50.4 Å². The number of ether oxygens (including phenoxy) is 1. The third kappa shape index (κ3) is 3.35. The lowest BCUT2D eigenvalue weighted by Crippen LogP contribution is -2.34. The summed E-state index contributed by atoms with van der Waals surface area (Å²) in [6.07, 6.45) is 3.41. The van der Waals surface area contributed by atoms with Gasteiger partial charge in [-0.2, -0.15) is 9.61 Å². The molecule has 0 bridgehead atoms. The fraction of sp³-hybridized carbons (Fsp3) is 0.409. The minimum Gasteiger partial charge on any atom is -0.381 e. The summed E-state index contributed by atoms with van der Waals surface area (Å²) in [7, 11) is 0. The molecule has 32 heavy (non-hydrogen) atoms. The fourth-order valence-corrected chi connectivity index (χ4v) is 6.36. The third-order valence-corrected chi connectivity index (χ3v) is 7.90. The summed E-state index contributed by atoms with van der Waals surface area (Å²) >= 11 is 7.52. The van der Waals surface area contributed by atoms with Crippen molar-refractivity contribution < 1.29 is 9.13 Å². The zero-order valence-electron chi connectivity index (χ0n) is 17.3. The molecule has 0 radical (unpaired) electrons. The van der Waals surface area contributed by atoms with Gasteiger partial charge in [-0.1, -0.05) is 17.7 Å². The van der Waals surface area contributed by atoms with Crippen molar-refractivity contribution >= 4 is 38.8 Å². The molecule has 5 heterocycles. The van der Waals surface area contributed by atoms with Gasteiger partial charge in [0.05, 0.1) is 18.5 Å². The zero-order valence-corrected chi connectivity index (χ0v) is 18.8. The Balaban J connectivity index is 1.46. The van der Waals surface area contributed by atoms with E-state index in [4.69, 9.17) is 16.3 Å². The minimum absolute atomic E-state index is 0.108. The third-order valence-electron chi connectivity index (χ3n) is 6.43. The van der Waals surface area contributed by atoms with Crippen LogP contribution in [0.2, 0.25) is 5.02 Å². The molecular formula is C22H21ClFN5O2S. The maximum absolute atomic E-state index is 14.5. The second-order valence-corrected chi connectivity index (χ2v) is 10.0. The van der Waals surface area contributed by atoms with E-state index in [2.05, 4.69) is 15.0 Å². The summed E-state index contributed by atoms with van der Waals surface area (Å²) in [4.78, 5) is 22.2. The normalized spacial score (nSPS) is 19.2. The van der Waals surface area contributed by atoms with Crippen LogP contribution in [-0.2, 0) is 24.2 Å². The first kappa shape index (κ1) is 20.3. The number of nitrogens with zero attached hydrogens (tertiary/aromatic N) is 5. The highest BCUT2D eigenvalue weighted by Gasteiger charge is 2.28. The molecule has 3 aromatic heterocycles. The Kier molecular flexibility index (Phi) is 5.02. The summed E-state index contributed by atoms with van der Waals surface area (Å²) in [5.41, 5.74) is 1.89. The van der Waals surface area contributed by atoms with E-state index in [0.717, 1.165) is 55.9 Å². The van der Waals surface area contributed by atoms with Crippen LogP contribution in [0.3, 0.4) is 0 Å². The summed E-state index contributed by atoms with van der Waals surface area (Å²) in [6, 6.07) is 4.54. The largest absolute Gasteiger partial charge is 0.381 e. The van der Waals surface area contributed by atoms with Gasteiger partial charge in [0.2, 0.25) is 0 Å². The molecule has 1 saturated heterocycles. The molecule has 2 aliphatic heterocycles. The Hall–Kier alpha value is -2.33. The Morgan fingerprint density at radius 1 is 1.34 bits per heavy atom. The van der Waals surface area contributed by atoms with Crippen molar-refractivity contribution in [3.63, 3.8) is 0 Å². The topological polar surface area (TPSA) is 64.7 Å². The summed E-state index contributed by atoms with van der Waals surface area (Å²) in [5.74, 6) is 0.155. The summed E-state index contributed by atoms with van der Waals surface area (Å²) < 4.78 is 23.0. The second kappa shape index (κ2) is 7.91. The maximum atomic E-state index is 14.5. The first-order valence-corrected chi connectivity index (χ1v) is 11.9. The molecular weight excluding hydrogens is 453 g/mol. The van der Waals surface area contributed by atoms with Crippen LogP contribution in [0.1, 0.15) is 22.4 Å². The quantitative estimate of drug-likeness (QED) is 0.455. The Bertz CT molecular complexity index is 1390. The predicted molar refractivity (Wildman–Crippen MR) is 121 cm³/mol. The summed E-state index contributed by atoms with van der Waals surface area (Å²) in [6.45, 7) is 4.62. The highest BCUT2D eigenvalue weighted by molar-refractivity contribution is 7.19. The SMILES string of the molecule is O=c1n(Cc2ccc(Cl)cc2F)c2sc3c(c2c2ncnn12)CCN(CC1CCOC1)C3. The number of aromatic nitrogens is 4. The van der Waals surface area contributed by atoms with Gasteiger partial charge >= 0.3 is 5.69 Å². The van der Waals surface area contributed by atoms with Gasteiger partial charge in [0.25, 0.3) is 0 Å². The van der Waals surface area contributed by atoms with Gasteiger partial charge in [-0.3, -0.25) is 9.47 Å². The molecule has 1 atom stereocenters. The number of benzene rings is 1. The number of hydrogen-bond donors (Lipinski definition) is 0. The Morgan fingerprint density at radius 2 is 2.25 bits per heavy atom. The number of thiophene rings is 1. The second-order valence-electron chi connectivity index (χ2n) is 8.50. The van der Waals surface area contributed by atoms with Gasteiger partial charge in [-0.15, -0.1) is 11.3 Å². The van der Waals surface area contributed by atoms with E-state index < -0.39 is 5.82 Å². The molecule has 0 aliphatic carbocycles. The molecule has 7 nitrogen and oxygen atoms in total. The van der Waals surface area contributed by atoms with Crippen molar-refractivity contribution in [3.05, 3.63) is 61.9 Å². The first-order chi connectivity index (χ1) is 15.6. The number of halogens is 2. The molecule has 4 aromatic rings. The lowest BCUT2D eigenvalue weighted by atomic mass is 10.0. The summed E-state index contributed by atoms with van der Waals surface area (Å²) in [5, 5.41) is 5.44.